The molecule has 0 aliphatic rings. The van der Waals surface area contributed by atoms with Gasteiger partial charge in [0, 0.05) is 11.1 Å². The van der Waals surface area contributed by atoms with Crippen molar-refractivity contribution in [2.24, 2.45) is 0 Å². The van der Waals surface area contributed by atoms with Gasteiger partial charge in [0.25, 0.3) is 0 Å². The van der Waals surface area contributed by atoms with E-state index in [4.69, 9.17) is 0 Å². The van der Waals surface area contributed by atoms with Gasteiger partial charge in [-0.25, -0.2) is 4.98 Å². The van der Waals surface area contributed by atoms with Gasteiger partial charge >= 0.3 is 0 Å². The molecule has 0 saturated heterocycles. The summed E-state index contributed by atoms with van der Waals surface area (Å²) in [5.41, 5.74) is 4.16. The number of rotatable bonds is 2. The van der Waals surface area contributed by atoms with Crippen LogP contribution in [-0.4, -0.2) is 4.98 Å². The second-order valence-electron chi connectivity index (χ2n) is 2.86. The molecule has 2 aromatic rings. The molecule has 1 N–H and O–H groups in total. The third-order valence-electron chi connectivity index (χ3n) is 1.76. The van der Waals surface area contributed by atoms with Gasteiger partial charge in [0.2, 0.25) is 0 Å². The third kappa shape index (κ3) is 2.06. The van der Waals surface area contributed by atoms with E-state index in [0.29, 0.717) is 0 Å². The average Bonchev–Trinajstić information content (AvgIpc) is 2.62. The largest absolute Gasteiger partial charge is 0.340 e. The van der Waals surface area contributed by atoms with Crippen LogP contribution in [0, 0.1) is 6.92 Å². The van der Waals surface area contributed by atoms with E-state index in [1.165, 1.54) is 5.56 Å². The molecule has 0 amide bonds. The number of nitrogens with zero attached hydrogens (tertiary/aromatic N) is 1. The van der Waals surface area contributed by atoms with Crippen LogP contribution >= 0.6 is 11.3 Å². The van der Waals surface area contributed by atoms with Gasteiger partial charge in [0.1, 0.15) is 5.82 Å². The number of hydrogen-bond donors (Lipinski definition) is 1. The summed E-state index contributed by atoms with van der Waals surface area (Å²) in [6.07, 6.45) is 0. The molecule has 0 atom stereocenters. The highest BCUT2D eigenvalue weighted by atomic mass is 32.1. The molecular weight excluding hydrogens is 180 g/mol. The van der Waals surface area contributed by atoms with Crippen LogP contribution in [0.5, 0.6) is 0 Å². The van der Waals surface area contributed by atoms with Crippen molar-refractivity contribution in [2.75, 3.05) is 5.32 Å². The summed E-state index contributed by atoms with van der Waals surface area (Å²) in [4.78, 5) is 4.14. The molecule has 0 spiro atoms. The molecule has 1 aromatic heterocycles. The van der Waals surface area contributed by atoms with Crippen molar-refractivity contribution in [3.63, 3.8) is 0 Å². The first-order chi connectivity index (χ1) is 6.34. The Morgan fingerprint density at radius 1 is 1.23 bits per heavy atom. The number of aryl methyl sites for hydroxylation is 1. The number of thiazole rings is 1. The molecule has 0 aliphatic heterocycles. The fourth-order valence-electron chi connectivity index (χ4n) is 1.06. The Morgan fingerprint density at radius 2 is 2.00 bits per heavy atom. The van der Waals surface area contributed by atoms with Gasteiger partial charge < -0.3 is 5.32 Å². The van der Waals surface area contributed by atoms with Gasteiger partial charge in [0.15, 0.2) is 0 Å². The maximum atomic E-state index is 4.14. The van der Waals surface area contributed by atoms with E-state index in [1.54, 1.807) is 11.3 Å². The first-order valence-electron chi connectivity index (χ1n) is 4.06. The van der Waals surface area contributed by atoms with Crippen LogP contribution in [0.3, 0.4) is 0 Å². The predicted octanol–water partition coefficient (Wildman–Crippen LogP) is 3.20. The maximum absolute atomic E-state index is 4.14. The molecule has 0 unspecified atom stereocenters. The summed E-state index contributed by atoms with van der Waals surface area (Å²) in [5, 5.41) is 5.20. The van der Waals surface area contributed by atoms with Crippen LogP contribution < -0.4 is 5.32 Å². The van der Waals surface area contributed by atoms with Crippen molar-refractivity contribution in [1.29, 1.82) is 0 Å². The maximum Gasteiger partial charge on any atom is 0.141 e. The molecule has 0 saturated carbocycles. The Bertz CT molecular complexity index is 364. The average molecular weight is 190 g/mol. The van der Waals surface area contributed by atoms with Crippen LogP contribution in [0.1, 0.15) is 5.56 Å². The molecule has 13 heavy (non-hydrogen) atoms. The van der Waals surface area contributed by atoms with E-state index < -0.39 is 0 Å². The van der Waals surface area contributed by atoms with Crippen molar-refractivity contribution in [2.45, 2.75) is 6.92 Å². The number of aromatic nitrogens is 1. The lowest BCUT2D eigenvalue weighted by Gasteiger charge is -2.02. The van der Waals surface area contributed by atoms with Gasteiger partial charge in [-0.15, -0.1) is 11.3 Å². The SMILES string of the molecule is Cc1ccc(Nc2cscn2)cc1. The van der Waals surface area contributed by atoms with Crippen LogP contribution in [0.25, 0.3) is 0 Å². The highest BCUT2D eigenvalue weighted by Gasteiger charge is 1.94. The molecule has 0 aliphatic carbocycles. The second kappa shape index (κ2) is 3.58. The fraction of sp³-hybridized carbons (Fsp3) is 0.100. The molecule has 0 bridgehead atoms. The Kier molecular flexibility index (Phi) is 2.27. The zero-order valence-corrected chi connectivity index (χ0v) is 8.14. The summed E-state index contributed by atoms with van der Waals surface area (Å²) in [5.74, 6) is 0.911. The quantitative estimate of drug-likeness (QED) is 0.786. The lowest BCUT2D eigenvalue weighted by Crippen LogP contribution is -1.89. The summed E-state index contributed by atoms with van der Waals surface area (Å²) in [6.45, 7) is 2.08. The Hall–Kier alpha value is -1.35. The Balaban J connectivity index is 2.15. The number of anilines is 2. The van der Waals surface area contributed by atoms with Crippen molar-refractivity contribution >= 4 is 22.8 Å². The monoisotopic (exact) mass is 190 g/mol. The zero-order valence-electron chi connectivity index (χ0n) is 7.32. The minimum atomic E-state index is 0.911. The molecule has 0 fully saturated rings. The third-order valence-corrected chi connectivity index (χ3v) is 2.34. The smallest absolute Gasteiger partial charge is 0.141 e. The highest BCUT2D eigenvalue weighted by Crippen LogP contribution is 2.16. The van der Waals surface area contributed by atoms with Crippen LogP contribution in [-0.2, 0) is 0 Å². The van der Waals surface area contributed by atoms with Crippen molar-refractivity contribution in [3.05, 3.63) is 40.7 Å². The Morgan fingerprint density at radius 3 is 2.62 bits per heavy atom. The highest BCUT2D eigenvalue weighted by molar-refractivity contribution is 7.07. The van der Waals surface area contributed by atoms with E-state index >= 15 is 0 Å². The van der Waals surface area contributed by atoms with Gasteiger partial charge in [-0.2, -0.15) is 0 Å². The molecule has 1 heterocycles. The van der Waals surface area contributed by atoms with Gasteiger partial charge in [-0.05, 0) is 19.1 Å². The van der Waals surface area contributed by atoms with Crippen molar-refractivity contribution < 1.29 is 0 Å². The van der Waals surface area contributed by atoms with E-state index in [2.05, 4.69) is 41.5 Å². The van der Waals surface area contributed by atoms with E-state index in [0.717, 1.165) is 11.5 Å². The normalized spacial score (nSPS) is 9.92. The molecule has 3 heteroatoms. The van der Waals surface area contributed by atoms with Crippen molar-refractivity contribution in [3.8, 4) is 0 Å². The molecule has 0 radical (unpaired) electrons. The zero-order chi connectivity index (χ0) is 9.10. The summed E-state index contributed by atoms with van der Waals surface area (Å²) in [7, 11) is 0. The predicted molar refractivity (Wildman–Crippen MR) is 56.6 cm³/mol. The lowest BCUT2D eigenvalue weighted by molar-refractivity contribution is 1.37. The standard InChI is InChI=1S/C10H10N2S/c1-8-2-4-9(5-3-8)12-10-6-13-7-11-10/h2-7,12H,1H3. The molecule has 66 valence electrons. The molecule has 2 rings (SSSR count). The molecule has 1 aromatic carbocycles. The van der Waals surface area contributed by atoms with Crippen molar-refractivity contribution in [1.82, 2.24) is 4.98 Å². The summed E-state index contributed by atoms with van der Waals surface area (Å²) < 4.78 is 0. The first-order valence-corrected chi connectivity index (χ1v) is 5.01. The van der Waals surface area contributed by atoms with Crippen LogP contribution in [0.4, 0.5) is 11.5 Å². The second-order valence-corrected chi connectivity index (χ2v) is 3.58. The van der Waals surface area contributed by atoms with E-state index in [1.807, 2.05) is 10.9 Å². The van der Waals surface area contributed by atoms with E-state index in [9.17, 15) is 0 Å². The minimum Gasteiger partial charge on any atom is -0.340 e. The van der Waals surface area contributed by atoms with Gasteiger partial charge in [0.05, 0.1) is 5.51 Å². The Labute approximate surface area is 81.3 Å². The van der Waals surface area contributed by atoms with Gasteiger partial charge in [-0.3, -0.25) is 0 Å². The summed E-state index contributed by atoms with van der Waals surface area (Å²) in [6, 6.07) is 8.26. The first kappa shape index (κ1) is 8.26. The van der Waals surface area contributed by atoms with Crippen LogP contribution in [0.2, 0.25) is 0 Å². The van der Waals surface area contributed by atoms with Crippen LogP contribution in [0.15, 0.2) is 35.2 Å². The summed E-state index contributed by atoms with van der Waals surface area (Å²) >= 11 is 1.59. The minimum absolute atomic E-state index is 0.911. The van der Waals surface area contributed by atoms with Gasteiger partial charge in [-0.1, -0.05) is 17.7 Å². The number of nitrogens with one attached hydrogen (secondary N) is 1. The number of hydrogen-bond acceptors (Lipinski definition) is 3. The molecule has 2 nitrogen and oxygen atoms in total. The van der Waals surface area contributed by atoms with E-state index in [-0.39, 0.29) is 0 Å². The fourth-order valence-corrected chi connectivity index (χ4v) is 1.54. The number of benzene rings is 1. The molecular formula is C10H10N2S. The topological polar surface area (TPSA) is 24.9 Å². The lowest BCUT2D eigenvalue weighted by atomic mass is 10.2.